The molecule has 1 heterocycles. The Balaban J connectivity index is 2.51. The minimum absolute atomic E-state index is 0.101. The predicted octanol–water partition coefficient (Wildman–Crippen LogP) is 5.17. The van der Waals surface area contributed by atoms with Crippen molar-refractivity contribution in [3.63, 3.8) is 0 Å². The highest BCUT2D eigenvalue weighted by Gasteiger charge is 2.34. The molecule has 0 atom stereocenters. The number of halogens is 5. The highest BCUT2D eigenvalue weighted by atomic mass is 79.9. The van der Waals surface area contributed by atoms with Crippen LogP contribution in [0.2, 0.25) is 5.02 Å². The number of pyridine rings is 1. The summed E-state index contributed by atoms with van der Waals surface area (Å²) in [5.74, 6) is -0.305. The summed E-state index contributed by atoms with van der Waals surface area (Å²) < 4.78 is 39.3. The standard InChI is InChI=1S/C12H6BrClF3N3O2/c13-6-3-10(20(21)22)11(18-5-6)19-9-2-1-7(14)4-8(9)12(15,16)17/h1-5H,(H,18,19). The number of nitrogens with one attached hydrogen (secondary N) is 1. The molecular weight excluding hydrogens is 391 g/mol. The Bertz CT molecular complexity index is 740. The van der Waals surface area contributed by atoms with Gasteiger partial charge in [0, 0.05) is 21.8 Å². The zero-order valence-corrected chi connectivity index (χ0v) is 12.8. The zero-order valence-electron chi connectivity index (χ0n) is 10.5. The number of benzene rings is 1. The molecule has 10 heteroatoms. The molecule has 0 amide bonds. The van der Waals surface area contributed by atoms with E-state index in [1.54, 1.807) is 0 Å². The molecule has 0 aliphatic rings. The Labute approximate surface area is 135 Å². The van der Waals surface area contributed by atoms with E-state index < -0.39 is 22.4 Å². The third-order valence-corrected chi connectivity index (χ3v) is 3.24. The molecule has 0 fully saturated rings. The van der Waals surface area contributed by atoms with Gasteiger partial charge in [-0.2, -0.15) is 13.2 Å². The van der Waals surface area contributed by atoms with Crippen molar-refractivity contribution in [2.24, 2.45) is 0 Å². The molecule has 0 unspecified atom stereocenters. The predicted molar refractivity (Wildman–Crippen MR) is 78.3 cm³/mol. The van der Waals surface area contributed by atoms with Crippen LogP contribution in [-0.2, 0) is 6.18 Å². The molecule has 0 spiro atoms. The first-order chi connectivity index (χ1) is 10.2. The van der Waals surface area contributed by atoms with E-state index in [0.717, 1.165) is 18.2 Å². The van der Waals surface area contributed by atoms with Crippen LogP contribution in [0.4, 0.5) is 30.4 Å². The van der Waals surface area contributed by atoms with E-state index in [2.05, 4.69) is 26.2 Å². The van der Waals surface area contributed by atoms with Gasteiger partial charge in [-0.1, -0.05) is 11.6 Å². The summed E-state index contributed by atoms with van der Waals surface area (Å²) in [6.07, 6.45) is -3.43. The molecule has 2 aromatic rings. The van der Waals surface area contributed by atoms with Crippen LogP contribution in [0, 0.1) is 10.1 Å². The van der Waals surface area contributed by atoms with Crippen LogP contribution in [0.15, 0.2) is 34.9 Å². The average Bonchev–Trinajstić information content (AvgIpc) is 2.41. The zero-order chi connectivity index (χ0) is 16.5. The molecule has 2 rings (SSSR count). The Morgan fingerprint density at radius 2 is 2.00 bits per heavy atom. The number of hydrogen-bond donors (Lipinski definition) is 1. The van der Waals surface area contributed by atoms with Gasteiger partial charge < -0.3 is 5.32 Å². The maximum Gasteiger partial charge on any atom is 0.418 e. The summed E-state index contributed by atoms with van der Waals surface area (Å²) in [4.78, 5) is 14.0. The number of aromatic nitrogens is 1. The lowest BCUT2D eigenvalue weighted by Gasteiger charge is -2.14. The van der Waals surface area contributed by atoms with Gasteiger partial charge in [0.05, 0.1) is 16.2 Å². The van der Waals surface area contributed by atoms with Crippen LogP contribution in [0.1, 0.15) is 5.56 Å². The van der Waals surface area contributed by atoms with Gasteiger partial charge >= 0.3 is 11.9 Å². The van der Waals surface area contributed by atoms with Gasteiger partial charge in [0.25, 0.3) is 0 Å². The second kappa shape index (κ2) is 6.09. The Kier molecular flexibility index (Phi) is 4.57. The molecule has 0 aliphatic heterocycles. The van der Waals surface area contributed by atoms with E-state index in [4.69, 9.17) is 11.6 Å². The Hall–Kier alpha value is -1.87. The first-order valence-corrected chi connectivity index (χ1v) is 6.79. The third kappa shape index (κ3) is 3.66. The molecule has 0 saturated carbocycles. The molecule has 0 saturated heterocycles. The van der Waals surface area contributed by atoms with E-state index in [9.17, 15) is 23.3 Å². The lowest BCUT2D eigenvalue weighted by atomic mass is 10.1. The maximum atomic E-state index is 13.0. The minimum Gasteiger partial charge on any atom is -0.334 e. The van der Waals surface area contributed by atoms with E-state index in [0.29, 0.717) is 4.47 Å². The van der Waals surface area contributed by atoms with Crippen molar-refractivity contribution in [2.75, 3.05) is 5.32 Å². The fraction of sp³-hybridized carbons (Fsp3) is 0.0833. The van der Waals surface area contributed by atoms with Gasteiger partial charge in [-0.05, 0) is 34.1 Å². The normalized spacial score (nSPS) is 11.3. The summed E-state index contributed by atoms with van der Waals surface area (Å²) in [5.41, 5.74) is -1.88. The smallest absolute Gasteiger partial charge is 0.334 e. The molecule has 0 radical (unpaired) electrons. The third-order valence-electron chi connectivity index (χ3n) is 2.57. The minimum atomic E-state index is -4.67. The number of alkyl halides is 3. The number of rotatable bonds is 3. The molecule has 116 valence electrons. The molecule has 22 heavy (non-hydrogen) atoms. The van der Waals surface area contributed by atoms with Crippen molar-refractivity contribution in [1.82, 2.24) is 4.98 Å². The van der Waals surface area contributed by atoms with Crippen LogP contribution >= 0.6 is 27.5 Å². The largest absolute Gasteiger partial charge is 0.418 e. The monoisotopic (exact) mass is 395 g/mol. The second-order valence-electron chi connectivity index (χ2n) is 4.09. The lowest BCUT2D eigenvalue weighted by Crippen LogP contribution is -2.10. The molecule has 1 aromatic carbocycles. The lowest BCUT2D eigenvalue weighted by molar-refractivity contribution is -0.384. The van der Waals surface area contributed by atoms with Gasteiger partial charge in [-0.3, -0.25) is 10.1 Å². The van der Waals surface area contributed by atoms with Crippen LogP contribution in [-0.4, -0.2) is 9.91 Å². The Morgan fingerprint density at radius 3 is 2.59 bits per heavy atom. The molecule has 5 nitrogen and oxygen atoms in total. The Morgan fingerprint density at radius 1 is 1.32 bits per heavy atom. The first-order valence-electron chi connectivity index (χ1n) is 5.62. The van der Waals surface area contributed by atoms with Crippen molar-refractivity contribution in [3.8, 4) is 0 Å². The van der Waals surface area contributed by atoms with Gasteiger partial charge in [0.2, 0.25) is 5.82 Å². The summed E-state index contributed by atoms with van der Waals surface area (Å²) in [7, 11) is 0. The van der Waals surface area contributed by atoms with E-state index in [1.807, 2.05) is 0 Å². The number of anilines is 2. The van der Waals surface area contributed by atoms with Crippen molar-refractivity contribution in [1.29, 1.82) is 0 Å². The van der Waals surface area contributed by atoms with Crippen LogP contribution in [0.3, 0.4) is 0 Å². The average molecular weight is 397 g/mol. The van der Waals surface area contributed by atoms with Crippen LogP contribution in [0.25, 0.3) is 0 Å². The van der Waals surface area contributed by atoms with Gasteiger partial charge in [0.15, 0.2) is 0 Å². The summed E-state index contributed by atoms with van der Waals surface area (Å²) >= 11 is 8.58. The fourth-order valence-electron chi connectivity index (χ4n) is 1.65. The first kappa shape index (κ1) is 16.5. The highest BCUT2D eigenvalue weighted by molar-refractivity contribution is 9.10. The van der Waals surface area contributed by atoms with E-state index in [-0.39, 0.29) is 16.5 Å². The van der Waals surface area contributed by atoms with Crippen LogP contribution < -0.4 is 5.32 Å². The van der Waals surface area contributed by atoms with Crippen molar-refractivity contribution in [3.05, 3.63) is 55.6 Å². The summed E-state index contributed by atoms with van der Waals surface area (Å²) in [6.45, 7) is 0. The molecular formula is C12H6BrClF3N3O2. The number of nitro groups is 1. The summed E-state index contributed by atoms with van der Waals surface area (Å²) in [6, 6.07) is 4.19. The highest BCUT2D eigenvalue weighted by Crippen LogP contribution is 2.38. The summed E-state index contributed by atoms with van der Waals surface area (Å²) in [5, 5.41) is 13.2. The van der Waals surface area contributed by atoms with E-state index >= 15 is 0 Å². The quantitative estimate of drug-likeness (QED) is 0.574. The van der Waals surface area contributed by atoms with Gasteiger partial charge in [-0.25, -0.2) is 4.98 Å². The van der Waals surface area contributed by atoms with Crippen molar-refractivity contribution in [2.45, 2.75) is 6.18 Å². The van der Waals surface area contributed by atoms with Gasteiger partial charge in [-0.15, -0.1) is 0 Å². The van der Waals surface area contributed by atoms with Crippen LogP contribution in [0.5, 0.6) is 0 Å². The fourth-order valence-corrected chi connectivity index (χ4v) is 2.14. The number of nitrogens with zero attached hydrogens (tertiary/aromatic N) is 2. The van der Waals surface area contributed by atoms with Crippen molar-refractivity contribution < 1.29 is 18.1 Å². The van der Waals surface area contributed by atoms with Gasteiger partial charge in [0.1, 0.15) is 0 Å². The molecule has 0 bridgehead atoms. The molecule has 1 N–H and O–H groups in total. The maximum absolute atomic E-state index is 13.0. The SMILES string of the molecule is O=[N+]([O-])c1cc(Br)cnc1Nc1ccc(Cl)cc1C(F)(F)F. The number of hydrogen-bond acceptors (Lipinski definition) is 4. The molecule has 0 aliphatic carbocycles. The van der Waals surface area contributed by atoms with Crippen molar-refractivity contribution >= 4 is 44.7 Å². The second-order valence-corrected chi connectivity index (χ2v) is 5.44. The molecule has 1 aromatic heterocycles. The van der Waals surface area contributed by atoms with E-state index in [1.165, 1.54) is 12.3 Å². The topological polar surface area (TPSA) is 68.1 Å².